The summed E-state index contributed by atoms with van der Waals surface area (Å²) in [5, 5.41) is 10.1. The van der Waals surface area contributed by atoms with E-state index in [0.717, 1.165) is 23.2 Å². The Morgan fingerprint density at radius 2 is 2.09 bits per heavy atom. The Balaban J connectivity index is 1.81. The first-order chi connectivity index (χ1) is 10.6. The van der Waals surface area contributed by atoms with Gasteiger partial charge in [-0.3, -0.25) is 4.79 Å². The molecular formula is C15H17N3O4. The number of aryl methyl sites for hydroxylation is 2. The van der Waals surface area contributed by atoms with Gasteiger partial charge in [0.1, 0.15) is 24.3 Å². The van der Waals surface area contributed by atoms with Crippen LogP contribution in [0.2, 0.25) is 0 Å². The van der Waals surface area contributed by atoms with Crippen molar-refractivity contribution in [1.29, 1.82) is 0 Å². The molecule has 0 spiro atoms. The van der Waals surface area contributed by atoms with E-state index in [4.69, 9.17) is 14.1 Å². The molecule has 0 aliphatic carbocycles. The van der Waals surface area contributed by atoms with Gasteiger partial charge in [-0.05, 0) is 38.1 Å². The zero-order chi connectivity index (χ0) is 15.9. The van der Waals surface area contributed by atoms with Crippen molar-refractivity contribution in [2.75, 3.05) is 12.4 Å². The lowest BCUT2D eigenvalue weighted by Crippen LogP contribution is -2.12. The number of anilines is 1. The smallest absolute Gasteiger partial charge is 0.270 e. The number of nitrogens with one attached hydrogen (secondary N) is 1. The summed E-state index contributed by atoms with van der Waals surface area (Å²) >= 11 is 0. The minimum atomic E-state index is -0.385. The van der Waals surface area contributed by atoms with E-state index in [1.54, 1.807) is 38.3 Å². The number of carbonyl (C=O) groups excluding carboxylic acids is 1. The number of carbonyl (C=O) groups is 1. The third kappa shape index (κ3) is 4.08. The fraction of sp³-hybridized carbons (Fsp3) is 0.267. The summed E-state index contributed by atoms with van der Waals surface area (Å²) in [6.45, 7) is 3.81. The molecule has 0 saturated heterocycles. The van der Waals surface area contributed by atoms with E-state index in [0.29, 0.717) is 11.4 Å². The fourth-order valence-electron chi connectivity index (χ4n) is 1.74. The predicted molar refractivity (Wildman–Crippen MR) is 80.9 cm³/mol. The van der Waals surface area contributed by atoms with Crippen LogP contribution in [-0.2, 0) is 16.2 Å². The van der Waals surface area contributed by atoms with Crippen LogP contribution in [0.25, 0.3) is 0 Å². The van der Waals surface area contributed by atoms with Gasteiger partial charge in [-0.25, -0.2) is 0 Å². The first-order valence-electron chi connectivity index (χ1n) is 6.62. The Morgan fingerprint density at radius 3 is 2.68 bits per heavy atom. The molecule has 1 aromatic carbocycles. The van der Waals surface area contributed by atoms with E-state index in [2.05, 4.69) is 15.6 Å². The van der Waals surface area contributed by atoms with Gasteiger partial charge < -0.3 is 19.4 Å². The molecular weight excluding hydrogens is 286 g/mol. The second kappa shape index (κ2) is 7.26. The molecule has 22 heavy (non-hydrogen) atoms. The normalized spacial score (nSPS) is 10.7. The fourth-order valence-corrected chi connectivity index (χ4v) is 1.74. The van der Waals surface area contributed by atoms with Crippen molar-refractivity contribution in [3.63, 3.8) is 0 Å². The van der Waals surface area contributed by atoms with Gasteiger partial charge in [0, 0.05) is 5.69 Å². The van der Waals surface area contributed by atoms with Gasteiger partial charge in [0.25, 0.3) is 5.91 Å². The Bertz CT molecular complexity index is 642. The Hall–Kier alpha value is -2.83. The molecule has 0 atom stereocenters. The molecule has 0 radical (unpaired) electrons. The number of hydrogen-bond donors (Lipinski definition) is 1. The first-order valence-corrected chi connectivity index (χ1v) is 6.62. The summed E-state index contributed by atoms with van der Waals surface area (Å²) in [5.74, 6) is 1.01. The summed E-state index contributed by atoms with van der Waals surface area (Å²) < 4.78 is 10.0. The number of rotatable bonds is 6. The van der Waals surface area contributed by atoms with E-state index in [1.165, 1.54) is 0 Å². The molecule has 0 unspecified atom stereocenters. The lowest BCUT2D eigenvalue weighted by Gasteiger charge is -2.03. The highest BCUT2D eigenvalue weighted by Gasteiger charge is 2.08. The third-order valence-corrected chi connectivity index (χ3v) is 2.99. The highest BCUT2D eigenvalue weighted by molar-refractivity contribution is 6.31. The molecule has 0 fully saturated rings. The van der Waals surface area contributed by atoms with Crippen molar-refractivity contribution in [3.05, 3.63) is 41.3 Å². The molecule has 1 amide bonds. The van der Waals surface area contributed by atoms with Gasteiger partial charge in [-0.1, -0.05) is 10.3 Å². The monoisotopic (exact) mass is 303 g/mol. The quantitative estimate of drug-likeness (QED) is 0.654. The molecule has 0 saturated carbocycles. The highest BCUT2D eigenvalue weighted by Crippen LogP contribution is 2.15. The van der Waals surface area contributed by atoms with Crippen LogP contribution in [0.3, 0.4) is 0 Å². The first kappa shape index (κ1) is 15.6. The van der Waals surface area contributed by atoms with Gasteiger partial charge in [0.2, 0.25) is 0 Å². The molecule has 116 valence electrons. The van der Waals surface area contributed by atoms with Crippen molar-refractivity contribution >= 4 is 17.8 Å². The lowest BCUT2D eigenvalue weighted by molar-refractivity contribution is -0.110. The second-order valence-corrected chi connectivity index (χ2v) is 4.53. The van der Waals surface area contributed by atoms with Crippen molar-refractivity contribution in [2.24, 2.45) is 5.16 Å². The summed E-state index contributed by atoms with van der Waals surface area (Å²) in [5.41, 5.74) is 2.21. The van der Waals surface area contributed by atoms with Crippen molar-refractivity contribution in [1.82, 2.24) is 5.16 Å². The van der Waals surface area contributed by atoms with Gasteiger partial charge >= 0.3 is 0 Å². The van der Waals surface area contributed by atoms with Crippen molar-refractivity contribution in [3.8, 4) is 5.75 Å². The van der Waals surface area contributed by atoms with E-state index < -0.39 is 0 Å². The lowest BCUT2D eigenvalue weighted by atomic mass is 10.2. The van der Waals surface area contributed by atoms with Crippen LogP contribution in [0.1, 0.15) is 17.0 Å². The number of hydrogen-bond acceptors (Lipinski definition) is 6. The van der Waals surface area contributed by atoms with E-state index in [-0.39, 0.29) is 12.5 Å². The second-order valence-electron chi connectivity index (χ2n) is 4.53. The van der Waals surface area contributed by atoms with E-state index in [1.807, 2.05) is 6.92 Å². The van der Waals surface area contributed by atoms with Crippen molar-refractivity contribution < 1.29 is 18.9 Å². The third-order valence-electron chi connectivity index (χ3n) is 2.99. The average Bonchev–Trinajstić information content (AvgIpc) is 2.83. The zero-order valence-corrected chi connectivity index (χ0v) is 12.6. The van der Waals surface area contributed by atoms with Crippen LogP contribution in [0, 0.1) is 13.8 Å². The number of methoxy groups -OCH3 is 1. The van der Waals surface area contributed by atoms with Gasteiger partial charge in [-0.15, -0.1) is 0 Å². The Labute approximate surface area is 127 Å². The summed E-state index contributed by atoms with van der Waals surface area (Å²) in [4.78, 5) is 16.7. The molecule has 0 aliphatic rings. The number of nitrogens with zero attached hydrogens (tertiary/aromatic N) is 2. The van der Waals surface area contributed by atoms with E-state index in [9.17, 15) is 4.79 Å². The van der Waals surface area contributed by atoms with E-state index >= 15 is 0 Å². The molecule has 1 N–H and O–H groups in total. The maximum absolute atomic E-state index is 11.7. The van der Waals surface area contributed by atoms with Crippen LogP contribution in [-0.4, -0.2) is 24.4 Å². The number of ether oxygens (including phenoxy) is 1. The van der Waals surface area contributed by atoms with Crippen LogP contribution in [0.15, 0.2) is 33.9 Å². The largest absolute Gasteiger partial charge is 0.497 e. The molecule has 2 rings (SSSR count). The Kier molecular flexibility index (Phi) is 5.13. The van der Waals surface area contributed by atoms with Gasteiger partial charge in [0.15, 0.2) is 0 Å². The average molecular weight is 303 g/mol. The number of oxime groups is 1. The predicted octanol–water partition coefficient (Wildman–Crippen LogP) is 2.44. The number of benzene rings is 1. The molecule has 1 aromatic heterocycles. The van der Waals surface area contributed by atoms with Crippen LogP contribution >= 0.6 is 0 Å². The molecule has 2 aromatic rings. The maximum Gasteiger partial charge on any atom is 0.270 e. The zero-order valence-electron chi connectivity index (χ0n) is 12.6. The molecule has 0 aliphatic heterocycles. The van der Waals surface area contributed by atoms with Crippen LogP contribution in [0.4, 0.5) is 5.69 Å². The van der Waals surface area contributed by atoms with Gasteiger partial charge in [-0.2, -0.15) is 0 Å². The standard InChI is InChI=1S/C15H17N3O4/c1-10-14(11(2)22-18-10)9-21-16-8-15(19)17-12-4-6-13(20-3)7-5-12/h4-8H,9H2,1-3H3,(H,17,19)/b16-8+. The molecule has 1 heterocycles. The van der Waals surface area contributed by atoms with Crippen LogP contribution < -0.4 is 10.1 Å². The SMILES string of the molecule is COc1ccc(NC(=O)/C=N/OCc2c(C)noc2C)cc1. The van der Waals surface area contributed by atoms with Crippen LogP contribution in [0.5, 0.6) is 5.75 Å². The minimum Gasteiger partial charge on any atom is -0.497 e. The summed E-state index contributed by atoms with van der Waals surface area (Å²) in [6, 6.07) is 6.96. The summed E-state index contributed by atoms with van der Waals surface area (Å²) in [7, 11) is 1.58. The highest BCUT2D eigenvalue weighted by atomic mass is 16.6. The molecule has 7 heteroatoms. The number of amides is 1. The summed E-state index contributed by atoms with van der Waals surface area (Å²) in [6.07, 6.45) is 1.07. The molecule has 0 bridgehead atoms. The molecule has 7 nitrogen and oxygen atoms in total. The van der Waals surface area contributed by atoms with Gasteiger partial charge in [0.05, 0.1) is 18.4 Å². The maximum atomic E-state index is 11.7. The minimum absolute atomic E-state index is 0.202. The number of aromatic nitrogens is 1. The Morgan fingerprint density at radius 1 is 1.36 bits per heavy atom. The van der Waals surface area contributed by atoms with Crippen molar-refractivity contribution in [2.45, 2.75) is 20.5 Å². The topological polar surface area (TPSA) is 86.0 Å².